The number of amides is 1. The van der Waals surface area contributed by atoms with E-state index in [0.717, 1.165) is 11.1 Å². The second-order valence-electron chi connectivity index (χ2n) is 5.56. The Kier molecular flexibility index (Phi) is 5.33. The number of anilines is 1. The molecular weight excluding hydrogens is 352 g/mol. The molecule has 132 valence electrons. The first kappa shape index (κ1) is 17.7. The second kappa shape index (κ2) is 7.83. The average Bonchev–Trinajstić information content (AvgIpc) is 3.10. The van der Waals surface area contributed by atoms with Crippen molar-refractivity contribution in [3.8, 4) is 11.4 Å². The Labute approximate surface area is 153 Å². The van der Waals surface area contributed by atoms with Crippen molar-refractivity contribution in [2.24, 2.45) is 0 Å². The van der Waals surface area contributed by atoms with E-state index >= 15 is 0 Å². The number of thioether (sulfide) groups is 1. The first-order valence-corrected chi connectivity index (χ1v) is 8.75. The summed E-state index contributed by atoms with van der Waals surface area (Å²) in [7, 11) is 0. The minimum absolute atomic E-state index is 0.114. The summed E-state index contributed by atoms with van der Waals surface area (Å²) in [6.07, 6.45) is 0. The summed E-state index contributed by atoms with van der Waals surface area (Å²) in [5, 5.41) is 19.1. The van der Waals surface area contributed by atoms with E-state index in [1.54, 1.807) is 12.1 Å². The number of carboxylic acid groups (broad SMARTS) is 1. The van der Waals surface area contributed by atoms with E-state index in [-0.39, 0.29) is 17.2 Å². The van der Waals surface area contributed by atoms with Crippen LogP contribution in [-0.4, -0.2) is 37.9 Å². The molecule has 0 radical (unpaired) electrons. The van der Waals surface area contributed by atoms with Crippen molar-refractivity contribution in [3.63, 3.8) is 0 Å². The molecule has 8 heteroatoms. The molecular formula is C18H16N4O3S. The molecule has 0 bridgehead atoms. The molecule has 0 unspecified atom stereocenters. The van der Waals surface area contributed by atoms with Crippen LogP contribution in [0.4, 0.5) is 5.69 Å². The van der Waals surface area contributed by atoms with Crippen LogP contribution in [-0.2, 0) is 4.79 Å². The SMILES string of the molecule is Cc1ccc(-c2nc(SCC(=O)Nc3cccc(C(=O)O)c3)n[nH]2)cc1. The topological polar surface area (TPSA) is 108 Å². The number of carboxylic acids is 1. The number of carbonyl (C=O) groups is 2. The van der Waals surface area contributed by atoms with Crippen molar-refractivity contribution in [2.45, 2.75) is 12.1 Å². The molecule has 0 aliphatic carbocycles. The van der Waals surface area contributed by atoms with E-state index in [0.29, 0.717) is 16.7 Å². The summed E-state index contributed by atoms with van der Waals surface area (Å²) in [5.74, 6) is -0.552. The zero-order valence-corrected chi connectivity index (χ0v) is 14.7. The summed E-state index contributed by atoms with van der Waals surface area (Å²) in [5.41, 5.74) is 2.63. The minimum atomic E-state index is -1.04. The van der Waals surface area contributed by atoms with E-state index in [1.165, 1.54) is 23.9 Å². The average molecular weight is 368 g/mol. The van der Waals surface area contributed by atoms with Gasteiger partial charge in [-0.1, -0.05) is 47.7 Å². The molecule has 3 N–H and O–H groups in total. The molecule has 0 aliphatic rings. The highest BCUT2D eigenvalue weighted by Gasteiger charge is 2.10. The van der Waals surface area contributed by atoms with Crippen molar-refractivity contribution in [1.82, 2.24) is 15.2 Å². The lowest BCUT2D eigenvalue weighted by molar-refractivity contribution is -0.113. The van der Waals surface area contributed by atoms with Crippen LogP contribution in [0.5, 0.6) is 0 Å². The van der Waals surface area contributed by atoms with Crippen LogP contribution in [0.2, 0.25) is 0 Å². The standard InChI is InChI=1S/C18H16N4O3S/c1-11-5-7-12(8-6-11)16-20-18(22-21-16)26-10-15(23)19-14-4-2-3-13(9-14)17(24)25/h2-9H,10H2,1H3,(H,19,23)(H,24,25)(H,20,21,22). The zero-order chi connectivity index (χ0) is 18.5. The molecule has 7 nitrogen and oxygen atoms in total. The Morgan fingerprint density at radius 3 is 2.69 bits per heavy atom. The highest BCUT2D eigenvalue weighted by atomic mass is 32.2. The van der Waals surface area contributed by atoms with Crippen molar-refractivity contribution in [1.29, 1.82) is 0 Å². The molecule has 0 fully saturated rings. The van der Waals surface area contributed by atoms with Gasteiger partial charge in [0.1, 0.15) is 0 Å². The number of nitrogens with zero attached hydrogens (tertiary/aromatic N) is 2. The molecule has 0 aliphatic heterocycles. The van der Waals surface area contributed by atoms with Crippen LogP contribution in [0.3, 0.4) is 0 Å². The number of rotatable bonds is 6. The lowest BCUT2D eigenvalue weighted by atomic mass is 10.1. The Bertz CT molecular complexity index is 938. The van der Waals surface area contributed by atoms with Crippen LogP contribution in [0.25, 0.3) is 11.4 Å². The Hall–Kier alpha value is -3.13. The van der Waals surface area contributed by atoms with Crippen LogP contribution in [0.15, 0.2) is 53.7 Å². The van der Waals surface area contributed by atoms with Crippen LogP contribution in [0, 0.1) is 6.92 Å². The maximum atomic E-state index is 12.0. The summed E-state index contributed by atoms with van der Waals surface area (Å²) in [4.78, 5) is 27.4. The molecule has 0 saturated carbocycles. The van der Waals surface area contributed by atoms with E-state index in [1.807, 2.05) is 31.2 Å². The number of hydrogen-bond donors (Lipinski definition) is 3. The zero-order valence-electron chi connectivity index (χ0n) is 13.9. The number of hydrogen-bond acceptors (Lipinski definition) is 5. The van der Waals surface area contributed by atoms with Gasteiger partial charge in [-0.05, 0) is 25.1 Å². The predicted molar refractivity (Wildman–Crippen MR) is 99.3 cm³/mol. The minimum Gasteiger partial charge on any atom is -0.478 e. The van der Waals surface area contributed by atoms with Gasteiger partial charge in [0.15, 0.2) is 5.82 Å². The van der Waals surface area contributed by atoms with Gasteiger partial charge in [-0.3, -0.25) is 9.89 Å². The summed E-state index contributed by atoms with van der Waals surface area (Å²) < 4.78 is 0. The fourth-order valence-electron chi connectivity index (χ4n) is 2.21. The second-order valence-corrected chi connectivity index (χ2v) is 6.50. The van der Waals surface area contributed by atoms with Crippen LogP contribution < -0.4 is 5.32 Å². The Morgan fingerprint density at radius 2 is 1.96 bits per heavy atom. The van der Waals surface area contributed by atoms with E-state index in [4.69, 9.17) is 5.11 Å². The number of aromatic carboxylic acids is 1. The molecule has 3 rings (SSSR count). The molecule has 3 aromatic rings. The number of aryl methyl sites for hydroxylation is 1. The van der Waals surface area contributed by atoms with Gasteiger partial charge in [0.2, 0.25) is 11.1 Å². The van der Waals surface area contributed by atoms with E-state index < -0.39 is 5.97 Å². The normalized spacial score (nSPS) is 10.5. The highest BCUT2D eigenvalue weighted by Crippen LogP contribution is 2.20. The van der Waals surface area contributed by atoms with Gasteiger partial charge >= 0.3 is 5.97 Å². The molecule has 0 spiro atoms. The van der Waals surface area contributed by atoms with E-state index in [9.17, 15) is 9.59 Å². The van der Waals surface area contributed by atoms with E-state index in [2.05, 4.69) is 20.5 Å². The number of aromatic nitrogens is 3. The lowest BCUT2D eigenvalue weighted by Crippen LogP contribution is -2.14. The van der Waals surface area contributed by atoms with Crippen LogP contribution >= 0.6 is 11.8 Å². The number of aromatic amines is 1. The highest BCUT2D eigenvalue weighted by molar-refractivity contribution is 7.99. The molecule has 2 aromatic carbocycles. The molecule has 1 amide bonds. The maximum absolute atomic E-state index is 12.0. The summed E-state index contributed by atoms with van der Waals surface area (Å²) in [6.45, 7) is 2.01. The predicted octanol–water partition coefficient (Wildman–Crippen LogP) is 3.21. The number of benzene rings is 2. The Balaban J connectivity index is 1.57. The van der Waals surface area contributed by atoms with Gasteiger partial charge in [0.05, 0.1) is 11.3 Å². The third-order valence-corrected chi connectivity index (χ3v) is 4.36. The van der Waals surface area contributed by atoms with Gasteiger partial charge in [-0.25, -0.2) is 9.78 Å². The number of nitrogens with one attached hydrogen (secondary N) is 2. The number of carbonyl (C=O) groups excluding carboxylic acids is 1. The first-order valence-electron chi connectivity index (χ1n) is 7.77. The maximum Gasteiger partial charge on any atom is 0.335 e. The van der Waals surface area contributed by atoms with Gasteiger partial charge in [-0.15, -0.1) is 5.10 Å². The molecule has 26 heavy (non-hydrogen) atoms. The van der Waals surface area contributed by atoms with Crippen molar-refractivity contribution >= 4 is 29.3 Å². The van der Waals surface area contributed by atoms with Crippen LogP contribution in [0.1, 0.15) is 15.9 Å². The summed E-state index contributed by atoms with van der Waals surface area (Å²) in [6, 6.07) is 14.0. The number of H-pyrrole nitrogens is 1. The summed E-state index contributed by atoms with van der Waals surface area (Å²) >= 11 is 1.20. The largest absolute Gasteiger partial charge is 0.478 e. The quantitative estimate of drug-likeness (QED) is 0.577. The third kappa shape index (κ3) is 4.48. The monoisotopic (exact) mass is 368 g/mol. The lowest BCUT2D eigenvalue weighted by Gasteiger charge is -2.04. The third-order valence-electron chi connectivity index (χ3n) is 3.52. The fourth-order valence-corrected chi connectivity index (χ4v) is 2.81. The van der Waals surface area contributed by atoms with Gasteiger partial charge < -0.3 is 10.4 Å². The first-order chi connectivity index (χ1) is 12.5. The van der Waals surface area contributed by atoms with Gasteiger partial charge in [-0.2, -0.15) is 0 Å². The van der Waals surface area contributed by atoms with Crippen molar-refractivity contribution in [3.05, 3.63) is 59.7 Å². The van der Waals surface area contributed by atoms with Crippen molar-refractivity contribution < 1.29 is 14.7 Å². The van der Waals surface area contributed by atoms with Gasteiger partial charge in [0.25, 0.3) is 0 Å². The smallest absolute Gasteiger partial charge is 0.335 e. The fraction of sp³-hybridized carbons (Fsp3) is 0.111. The van der Waals surface area contributed by atoms with Crippen molar-refractivity contribution in [2.75, 3.05) is 11.1 Å². The molecule has 1 aromatic heterocycles. The molecule has 0 atom stereocenters. The van der Waals surface area contributed by atoms with Gasteiger partial charge in [0, 0.05) is 11.3 Å². The Morgan fingerprint density at radius 1 is 1.19 bits per heavy atom. The molecule has 0 saturated heterocycles. The molecule has 1 heterocycles.